The molecule has 0 aliphatic carbocycles. The van der Waals surface area contributed by atoms with Crippen LogP contribution in [0.1, 0.15) is 79.9 Å². The molecule has 0 radical (unpaired) electrons. The highest BCUT2D eigenvalue weighted by Gasteiger charge is 2.46. The average molecular weight is 639 g/mol. The van der Waals surface area contributed by atoms with Crippen molar-refractivity contribution in [3.8, 4) is 0 Å². The molecule has 1 amide bonds. The second-order valence-corrected chi connectivity index (χ2v) is 17.1. The molecule has 2 atom stereocenters. The van der Waals surface area contributed by atoms with Crippen molar-refractivity contribution < 1.29 is 37.4 Å². The normalized spacial score (nSPS) is 14.1. The Morgan fingerprint density at radius 1 is 0.767 bits per heavy atom. The van der Waals surface area contributed by atoms with Crippen LogP contribution in [0.15, 0.2) is 60.7 Å². The molecule has 2 unspecified atom stereocenters. The number of esters is 1. The predicted molar refractivity (Wildman–Crippen MR) is 172 cm³/mol. The topological polar surface area (TPSA) is 109 Å². The molecule has 2 rings (SSSR count). The van der Waals surface area contributed by atoms with Gasteiger partial charge in [-0.25, -0.2) is 9.59 Å². The molecule has 0 saturated heterocycles. The van der Waals surface area contributed by atoms with Gasteiger partial charge in [0.05, 0.1) is 11.2 Å². The van der Waals surface area contributed by atoms with E-state index in [4.69, 9.17) is 23.3 Å². The van der Waals surface area contributed by atoms with Crippen LogP contribution in [0.5, 0.6) is 0 Å². The number of rotatable bonds is 14. The summed E-state index contributed by atoms with van der Waals surface area (Å²) in [5.74, 6) is -1.74. The summed E-state index contributed by atoms with van der Waals surface area (Å²) in [5, 5.41) is 2.61. The van der Waals surface area contributed by atoms with Gasteiger partial charge in [-0.2, -0.15) is 0 Å². The molecule has 0 bridgehead atoms. The number of thiol groups is 1. The average Bonchev–Trinajstić information content (AvgIpc) is 2.87. The van der Waals surface area contributed by atoms with Crippen LogP contribution in [-0.4, -0.2) is 45.8 Å². The van der Waals surface area contributed by atoms with Crippen molar-refractivity contribution in [1.29, 1.82) is 0 Å². The van der Waals surface area contributed by atoms with Crippen LogP contribution in [0.4, 0.5) is 4.79 Å². The molecule has 240 valence electrons. The number of hydrogen-bond acceptors (Lipinski definition) is 8. The highest BCUT2D eigenvalue weighted by atomic mass is 32.2. The minimum Gasteiger partial charge on any atom is -0.459 e. The van der Waals surface area contributed by atoms with Gasteiger partial charge >= 0.3 is 19.7 Å². The van der Waals surface area contributed by atoms with Gasteiger partial charge < -0.3 is 28.6 Å². The molecular formula is C32H49NO8PS+. The molecule has 0 aliphatic heterocycles. The molecule has 2 aromatic rings. The molecule has 11 heteroatoms. The van der Waals surface area contributed by atoms with Gasteiger partial charge in [0, 0.05) is 18.2 Å². The second-order valence-electron chi connectivity index (χ2n) is 13.1. The molecule has 0 heterocycles. The summed E-state index contributed by atoms with van der Waals surface area (Å²) in [4.78, 5) is 26.4. The van der Waals surface area contributed by atoms with E-state index in [2.05, 4.69) is 26.1 Å². The van der Waals surface area contributed by atoms with Crippen molar-refractivity contribution in [2.24, 2.45) is 0 Å². The van der Waals surface area contributed by atoms with Crippen molar-refractivity contribution in [2.45, 2.75) is 110 Å². The summed E-state index contributed by atoms with van der Waals surface area (Å²) >= 11 is 0.927. The Hall–Kier alpha value is -2.36. The van der Waals surface area contributed by atoms with Gasteiger partial charge in [0.1, 0.15) is 24.0 Å². The maximum absolute atomic E-state index is 14.6. The van der Waals surface area contributed by atoms with Crippen molar-refractivity contribution in [3.63, 3.8) is 0 Å². The Morgan fingerprint density at radius 2 is 1.23 bits per heavy atom. The van der Waals surface area contributed by atoms with Crippen LogP contribution in [0.25, 0.3) is 0 Å². The fourth-order valence-electron chi connectivity index (χ4n) is 3.66. The molecule has 0 spiro atoms. The second kappa shape index (κ2) is 16.1. The number of amides is 1. The summed E-state index contributed by atoms with van der Waals surface area (Å²) in [6.07, 6.45) is -1.07. The van der Waals surface area contributed by atoms with E-state index in [1.807, 2.05) is 60.7 Å². The smallest absolute Gasteiger partial charge is 0.408 e. The molecule has 0 aliphatic rings. The van der Waals surface area contributed by atoms with Gasteiger partial charge in [0.2, 0.25) is 5.94 Å². The first-order chi connectivity index (χ1) is 19.9. The number of alkyl carbamates (subject to hydrolysis) is 1. The van der Waals surface area contributed by atoms with E-state index < -0.39 is 42.7 Å². The number of carbonyl (C=O) groups is 2. The minimum absolute atomic E-state index is 0.00160. The van der Waals surface area contributed by atoms with Crippen LogP contribution in [0, 0.1) is 0 Å². The Morgan fingerprint density at radius 3 is 1.67 bits per heavy atom. The molecule has 0 aromatic heterocycles. The lowest BCUT2D eigenvalue weighted by molar-refractivity contribution is -0.148. The molecule has 9 nitrogen and oxygen atoms in total. The third kappa shape index (κ3) is 15.3. The van der Waals surface area contributed by atoms with Gasteiger partial charge in [0.15, 0.2) is 5.85 Å². The zero-order chi connectivity index (χ0) is 32.3. The quantitative estimate of drug-likeness (QED) is 0.101. The first-order valence-corrected chi connectivity index (χ1v) is 17.0. The zero-order valence-electron chi connectivity index (χ0n) is 26.9. The number of benzene rings is 2. The first-order valence-electron chi connectivity index (χ1n) is 14.3. The first kappa shape index (κ1) is 36.8. The van der Waals surface area contributed by atoms with Crippen LogP contribution in [-0.2, 0) is 57.6 Å². The maximum atomic E-state index is 14.6. The van der Waals surface area contributed by atoms with E-state index >= 15 is 0 Å². The van der Waals surface area contributed by atoms with Crippen LogP contribution < -0.4 is 5.32 Å². The molecule has 0 fully saturated rings. The molecule has 43 heavy (non-hydrogen) atoms. The fraction of sp³-hybridized carbons (Fsp3) is 0.562. The summed E-state index contributed by atoms with van der Waals surface area (Å²) in [6.45, 7) is 16.7. The lowest BCUT2D eigenvalue weighted by Crippen LogP contribution is -2.45. The summed E-state index contributed by atoms with van der Waals surface area (Å²) < 4.78 is 43.8. The predicted octanol–water partition coefficient (Wildman–Crippen LogP) is 7.15. The lowest BCUT2D eigenvalue weighted by Gasteiger charge is -2.36. The largest absolute Gasteiger partial charge is 0.459 e. The van der Waals surface area contributed by atoms with Gasteiger partial charge in [-0.3, -0.25) is 4.57 Å². The number of hydrogen-bond donors (Lipinski definition) is 1. The Kier molecular flexibility index (Phi) is 13.8. The van der Waals surface area contributed by atoms with Crippen molar-refractivity contribution in [2.75, 3.05) is 5.94 Å². The minimum atomic E-state index is -4.06. The monoisotopic (exact) mass is 638 g/mol. The van der Waals surface area contributed by atoms with Crippen LogP contribution in [0.2, 0.25) is 0 Å². The molecule has 0 saturated carbocycles. The van der Waals surface area contributed by atoms with Gasteiger partial charge in [-0.15, -0.1) is 0 Å². The van der Waals surface area contributed by atoms with Crippen molar-refractivity contribution >= 4 is 31.4 Å². The molecular weight excluding hydrogens is 589 g/mol. The van der Waals surface area contributed by atoms with Gasteiger partial charge in [-0.05, 0) is 73.4 Å². The molecule has 1 N–H and O–H groups in total. The Bertz CT molecular complexity index is 1170. The van der Waals surface area contributed by atoms with E-state index in [-0.39, 0.29) is 30.3 Å². The zero-order valence-corrected chi connectivity index (χ0v) is 28.7. The standard InChI is InChI=1S/C32H48NO8PS/c1-30(2,3)40-42(36,41-31(4,5)6)27(39-23-43-32(7,8)9)20-26(28(34)37-21-24-16-12-10-13-17-24)33-29(35)38-22-25-18-14-11-15-19-25/h10-19,26-27H,20-23H2,1-9H3,(H,33,35)/p+1. The SMILES string of the molecule is CC(C)(C)OP(=O)(OC(C)(C)C)C(CC(NC(=O)OCc1ccccc1)C(=O)OCc1ccccc1)OC[SH+]C(C)(C)C. The molecule has 2 aromatic carbocycles. The summed E-state index contributed by atoms with van der Waals surface area (Å²) in [7, 11) is -4.06. The highest BCUT2D eigenvalue weighted by molar-refractivity contribution is 7.79. The van der Waals surface area contributed by atoms with E-state index in [1.165, 1.54) is 0 Å². The number of ether oxygens (including phenoxy) is 3. The Balaban J connectivity index is 2.38. The lowest BCUT2D eigenvalue weighted by atomic mass is 10.2. The van der Waals surface area contributed by atoms with E-state index in [0.717, 1.165) is 22.9 Å². The maximum Gasteiger partial charge on any atom is 0.408 e. The number of carbonyl (C=O) groups excluding carboxylic acids is 2. The van der Waals surface area contributed by atoms with Gasteiger partial charge in [0.25, 0.3) is 0 Å². The van der Waals surface area contributed by atoms with Crippen LogP contribution in [0.3, 0.4) is 0 Å². The van der Waals surface area contributed by atoms with E-state index in [1.54, 1.807) is 41.5 Å². The summed E-state index contributed by atoms with van der Waals surface area (Å²) in [6, 6.07) is 17.1. The Labute approximate surface area is 261 Å². The third-order valence-corrected chi connectivity index (χ3v) is 9.31. The highest BCUT2D eigenvalue weighted by Crippen LogP contribution is 2.60. The summed E-state index contributed by atoms with van der Waals surface area (Å²) in [5.41, 5.74) is -0.175. The number of nitrogens with one attached hydrogen (secondary N) is 1. The third-order valence-electron chi connectivity index (χ3n) is 5.41. The fourth-order valence-corrected chi connectivity index (χ4v) is 6.94. The van der Waals surface area contributed by atoms with E-state index in [9.17, 15) is 14.2 Å². The van der Waals surface area contributed by atoms with E-state index in [0.29, 0.717) is 0 Å². The van der Waals surface area contributed by atoms with Crippen LogP contribution >= 0.6 is 7.60 Å². The van der Waals surface area contributed by atoms with Crippen molar-refractivity contribution in [1.82, 2.24) is 5.32 Å². The van der Waals surface area contributed by atoms with Gasteiger partial charge in [-0.1, -0.05) is 60.7 Å². The van der Waals surface area contributed by atoms with Crippen molar-refractivity contribution in [3.05, 3.63) is 71.8 Å².